The van der Waals surface area contributed by atoms with E-state index in [9.17, 15) is 5.11 Å². The fraction of sp³-hybridized carbons (Fsp3) is 0.294. The van der Waals surface area contributed by atoms with Gasteiger partial charge in [0.15, 0.2) is 0 Å². The summed E-state index contributed by atoms with van der Waals surface area (Å²) in [7, 11) is 3.18. The van der Waals surface area contributed by atoms with E-state index in [1.807, 2.05) is 24.3 Å². The third kappa shape index (κ3) is 4.28. The normalized spacial score (nSPS) is 11.8. The highest BCUT2D eigenvalue weighted by Gasteiger charge is 2.11. The van der Waals surface area contributed by atoms with E-state index < -0.39 is 6.10 Å². The number of hydrogen-bond acceptors (Lipinski definition) is 6. The van der Waals surface area contributed by atoms with Crippen molar-refractivity contribution in [2.75, 3.05) is 38.4 Å². The summed E-state index contributed by atoms with van der Waals surface area (Å²) in [6.45, 7) is -0.0706. The van der Waals surface area contributed by atoms with Gasteiger partial charge in [-0.3, -0.25) is 0 Å². The van der Waals surface area contributed by atoms with Gasteiger partial charge in [0, 0.05) is 29.5 Å². The van der Waals surface area contributed by atoms with E-state index in [1.165, 1.54) is 0 Å². The zero-order chi connectivity index (χ0) is 16.8. The molecule has 0 amide bonds. The summed E-state index contributed by atoms with van der Waals surface area (Å²) in [5.41, 5.74) is 9.05. The average Bonchev–Trinajstić information content (AvgIpc) is 2.59. The zero-order valence-corrected chi connectivity index (χ0v) is 13.2. The highest BCUT2D eigenvalue weighted by molar-refractivity contribution is 5.82. The van der Waals surface area contributed by atoms with Crippen molar-refractivity contribution in [3.63, 3.8) is 0 Å². The number of rotatable bonds is 7. The molecule has 0 aliphatic rings. The minimum Gasteiger partial charge on any atom is -0.497 e. The summed E-state index contributed by atoms with van der Waals surface area (Å²) in [4.78, 5) is 0. The summed E-state index contributed by atoms with van der Waals surface area (Å²) < 4.78 is 10.6. The highest BCUT2D eigenvalue weighted by atomic mass is 16.5. The molecule has 0 heterocycles. The molecule has 0 saturated heterocycles. The van der Waals surface area contributed by atoms with Gasteiger partial charge in [0.1, 0.15) is 11.5 Å². The summed E-state index contributed by atoms with van der Waals surface area (Å²) in [6.07, 6.45) is -0.833. The summed E-state index contributed by atoms with van der Waals surface area (Å²) in [5.74, 6) is 1.34. The number of nitrogen functional groups attached to an aromatic ring is 1. The van der Waals surface area contributed by atoms with Gasteiger partial charge >= 0.3 is 0 Å². The third-order valence-electron chi connectivity index (χ3n) is 3.44. The number of aliphatic hydroxyl groups is 2. The number of aliphatic hydroxyl groups excluding tert-OH is 2. The predicted octanol–water partition coefficient (Wildman–Crippen LogP) is 1.72. The number of benzene rings is 2. The van der Waals surface area contributed by atoms with Crippen molar-refractivity contribution in [3.8, 4) is 22.6 Å². The molecule has 0 radical (unpaired) electrons. The molecule has 2 aromatic rings. The van der Waals surface area contributed by atoms with Gasteiger partial charge in [-0.05, 0) is 35.9 Å². The number of nitrogens with one attached hydrogen (secondary N) is 1. The van der Waals surface area contributed by atoms with Crippen LogP contribution < -0.4 is 20.5 Å². The van der Waals surface area contributed by atoms with Crippen LogP contribution in [-0.4, -0.2) is 43.7 Å². The SMILES string of the molecule is COc1cc(OC)cc(-c2cc(N)ccc2NCC(O)CO)c1. The third-order valence-corrected chi connectivity index (χ3v) is 3.44. The Kier molecular flexibility index (Phi) is 5.67. The number of methoxy groups -OCH3 is 2. The van der Waals surface area contributed by atoms with E-state index in [4.69, 9.17) is 20.3 Å². The van der Waals surface area contributed by atoms with Gasteiger partial charge in [0.05, 0.1) is 26.9 Å². The largest absolute Gasteiger partial charge is 0.497 e. The smallest absolute Gasteiger partial charge is 0.123 e. The van der Waals surface area contributed by atoms with Crippen LogP contribution in [0, 0.1) is 0 Å². The molecular formula is C17H22N2O4. The maximum atomic E-state index is 9.52. The first-order valence-corrected chi connectivity index (χ1v) is 7.23. The molecule has 0 spiro atoms. The number of hydrogen-bond donors (Lipinski definition) is 4. The van der Waals surface area contributed by atoms with Gasteiger partial charge in [-0.25, -0.2) is 0 Å². The van der Waals surface area contributed by atoms with Crippen molar-refractivity contribution in [2.45, 2.75) is 6.10 Å². The van der Waals surface area contributed by atoms with Gasteiger partial charge < -0.3 is 30.7 Å². The van der Waals surface area contributed by atoms with Crippen LogP contribution in [-0.2, 0) is 0 Å². The second-order valence-electron chi connectivity index (χ2n) is 5.12. The summed E-state index contributed by atoms with van der Waals surface area (Å²) in [5, 5.41) is 21.6. The lowest BCUT2D eigenvalue weighted by atomic mass is 10.0. The van der Waals surface area contributed by atoms with E-state index in [0.717, 1.165) is 16.8 Å². The van der Waals surface area contributed by atoms with Crippen LogP contribution in [0.15, 0.2) is 36.4 Å². The molecule has 5 N–H and O–H groups in total. The molecule has 23 heavy (non-hydrogen) atoms. The Balaban J connectivity index is 2.43. The molecule has 6 heteroatoms. The fourth-order valence-corrected chi connectivity index (χ4v) is 2.21. The molecule has 1 atom stereocenters. The van der Waals surface area contributed by atoms with Crippen LogP contribution in [0.5, 0.6) is 11.5 Å². The molecule has 0 fully saturated rings. The standard InChI is InChI=1S/C17H22N2O4/c1-22-14-5-11(6-15(8-14)23-2)16-7-12(18)3-4-17(16)19-9-13(21)10-20/h3-8,13,19-21H,9-10,18H2,1-2H3. The minimum atomic E-state index is -0.833. The second kappa shape index (κ2) is 7.71. The van der Waals surface area contributed by atoms with Gasteiger partial charge in [0.25, 0.3) is 0 Å². The first kappa shape index (κ1) is 16.9. The van der Waals surface area contributed by atoms with Crippen molar-refractivity contribution < 1.29 is 19.7 Å². The van der Waals surface area contributed by atoms with E-state index in [0.29, 0.717) is 17.2 Å². The lowest BCUT2D eigenvalue weighted by Crippen LogP contribution is -2.23. The van der Waals surface area contributed by atoms with Gasteiger partial charge in [-0.15, -0.1) is 0 Å². The molecule has 2 aromatic carbocycles. The Hall–Kier alpha value is -2.44. The van der Waals surface area contributed by atoms with Crippen LogP contribution in [0.1, 0.15) is 0 Å². The quantitative estimate of drug-likeness (QED) is 0.580. The zero-order valence-electron chi connectivity index (χ0n) is 13.2. The van der Waals surface area contributed by atoms with Gasteiger partial charge in [-0.2, -0.15) is 0 Å². The Labute approximate surface area is 135 Å². The minimum absolute atomic E-state index is 0.231. The van der Waals surface area contributed by atoms with Crippen LogP contribution >= 0.6 is 0 Å². The summed E-state index contributed by atoms with van der Waals surface area (Å²) >= 11 is 0. The molecule has 0 aliphatic heterocycles. The van der Waals surface area contributed by atoms with Crippen molar-refractivity contribution in [1.82, 2.24) is 0 Å². The van der Waals surface area contributed by atoms with Crippen LogP contribution in [0.3, 0.4) is 0 Å². The molecule has 6 nitrogen and oxygen atoms in total. The van der Waals surface area contributed by atoms with E-state index >= 15 is 0 Å². The van der Waals surface area contributed by atoms with Crippen molar-refractivity contribution in [1.29, 1.82) is 0 Å². The topological polar surface area (TPSA) is 97.0 Å². The van der Waals surface area contributed by atoms with E-state index in [-0.39, 0.29) is 13.2 Å². The molecular weight excluding hydrogens is 296 g/mol. The van der Waals surface area contributed by atoms with E-state index in [1.54, 1.807) is 26.4 Å². The Morgan fingerprint density at radius 1 is 1.09 bits per heavy atom. The average molecular weight is 318 g/mol. The first-order valence-electron chi connectivity index (χ1n) is 7.23. The fourth-order valence-electron chi connectivity index (χ4n) is 2.21. The maximum absolute atomic E-state index is 9.52. The predicted molar refractivity (Wildman–Crippen MR) is 91.0 cm³/mol. The summed E-state index contributed by atoms with van der Waals surface area (Å²) in [6, 6.07) is 11.0. The molecule has 1 unspecified atom stereocenters. The van der Waals surface area contributed by atoms with E-state index in [2.05, 4.69) is 5.32 Å². The van der Waals surface area contributed by atoms with Crippen molar-refractivity contribution >= 4 is 11.4 Å². The molecule has 2 rings (SSSR count). The Morgan fingerprint density at radius 3 is 2.30 bits per heavy atom. The second-order valence-corrected chi connectivity index (χ2v) is 5.12. The molecule has 0 aromatic heterocycles. The monoisotopic (exact) mass is 318 g/mol. The van der Waals surface area contributed by atoms with Crippen LogP contribution in [0.2, 0.25) is 0 Å². The number of ether oxygens (including phenoxy) is 2. The molecule has 0 bridgehead atoms. The lowest BCUT2D eigenvalue weighted by Gasteiger charge is -2.16. The van der Waals surface area contributed by atoms with Crippen molar-refractivity contribution in [3.05, 3.63) is 36.4 Å². The van der Waals surface area contributed by atoms with Crippen LogP contribution in [0.25, 0.3) is 11.1 Å². The number of anilines is 2. The Morgan fingerprint density at radius 2 is 1.74 bits per heavy atom. The number of nitrogens with two attached hydrogens (primary N) is 1. The highest BCUT2D eigenvalue weighted by Crippen LogP contribution is 2.35. The Bertz CT molecular complexity index is 639. The molecule has 0 saturated carbocycles. The molecule has 0 aliphatic carbocycles. The maximum Gasteiger partial charge on any atom is 0.123 e. The van der Waals surface area contributed by atoms with Gasteiger partial charge in [-0.1, -0.05) is 0 Å². The first-order chi connectivity index (χ1) is 11.1. The molecule has 124 valence electrons. The lowest BCUT2D eigenvalue weighted by molar-refractivity contribution is 0.105. The van der Waals surface area contributed by atoms with Gasteiger partial charge in [0.2, 0.25) is 0 Å². The van der Waals surface area contributed by atoms with Crippen LogP contribution in [0.4, 0.5) is 11.4 Å². The van der Waals surface area contributed by atoms with Crippen molar-refractivity contribution in [2.24, 2.45) is 0 Å².